The summed E-state index contributed by atoms with van der Waals surface area (Å²) in [7, 11) is 3.63. The number of rotatable bonds is 5. The largest absolute Gasteiger partial charge is 0.349 e. The lowest BCUT2D eigenvalue weighted by Crippen LogP contribution is -2.47. The highest BCUT2D eigenvalue weighted by molar-refractivity contribution is 5.90. The molecule has 0 unspecified atom stereocenters. The summed E-state index contributed by atoms with van der Waals surface area (Å²) in [6.45, 7) is 3.02. The van der Waals surface area contributed by atoms with Crippen LogP contribution in [0.25, 0.3) is 0 Å². The van der Waals surface area contributed by atoms with E-state index in [1.165, 1.54) is 11.0 Å². The molecule has 2 aromatic heterocycles. The highest BCUT2D eigenvalue weighted by Gasteiger charge is 2.38. The molecule has 1 fully saturated rings. The lowest BCUT2D eigenvalue weighted by molar-refractivity contribution is -0.139. The third-order valence-corrected chi connectivity index (χ3v) is 4.62. The van der Waals surface area contributed by atoms with Crippen molar-refractivity contribution in [2.75, 3.05) is 13.1 Å². The second-order valence-corrected chi connectivity index (χ2v) is 6.27. The Balaban J connectivity index is 1.77. The third kappa shape index (κ3) is 3.40. The molecule has 1 aliphatic rings. The van der Waals surface area contributed by atoms with Crippen LogP contribution in [-0.4, -0.2) is 54.1 Å². The maximum atomic E-state index is 12.3. The topological polar surface area (TPSA) is 97.9 Å². The van der Waals surface area contributed by atoms with Crippen molar-refractivity contribution in [2.45, 2.75) is 25.8 Å². The number of aromatic nitrogens is 5. The summed E-state index contributed by atoms with van der Waals surface area (Å²) in [4.78, 5) is 34.8. The standard InChI is InChI=1S/C16H23N7O2/c1-4-23-12(24)6-5-11(13(23)15-17-7-8-21(15)2)9-18-16(25)14-19-10-22(3)20-14/h7-8,10-11,13H,4-6,9H2,1-3H3,(H,18,25)/t11-,13+/m1/s1. The van der Waals surface area contributed by atoms with Crippen molar-refractivity contribution in [3.05, 3.63) is 30.4 Å². The van der Waals surface area contributed by atoms with Crippen LogP contribution in [0.3, 0.4) is 0 Å². The van der Waals surface area contributed by atoms with Crippen LogP contribution in [0, 0.1) is 5.92 Å². The number of carbonyl (C=O) groups excluding carboxylic acids is 2. The Morgan fingerprint density at radius 3 is 2.76 bits per heavy atom. The molecule has 0 saturated carbocycles. The van der Waals surface area contributed by atoms with Crippen molar-refractivity contribution in [1.29, 1.82) is 0 Å². The maximum absolute atomic E-state index is 12.3. The van der Waals surface area contributed by atoms with E-state index in [4.69, 9.17) is 0 Å². The van der Waals surface area contributed by atoms with E-state index in [2.05, 4.69) is 20.4 Å². The van der Waals surface area contributed by atoms with E-state index in [0.717, 1.165) is 5.82 Å². The molecule has 1 N–H and O–H groups in total. The number of aryl methyl sites for hydroxylation is 2. The summed E-state index contributed by atoms with van der Waals surface area (Å²) < 4.78 is 3.42. The van der Waals surface area contributed by atoms with Crippen molar-refractivity contribution in [3.8, 4) is 0 Å². The van der Waals surface area contributed by atoms with E-state index in [1.54, 1.807) is 13.2 Å². The van der Waals surface area contributed by atoms with E-state index in [1.807, 2.05) is 29.6 Å². The van der Waals surface area contributed by atoms with Crippen LogP contribution in [0.2, 0.25) is 0 Å². The maximum Gasteiger partial charge on any atom is 0.290 e. The second-order valence-electron chi connectivity index (χ2n) is 6.27. The molecular weight excluding hydrogens is 322 g/mol. The molecular formula is C16H23N7O2. The van der Waals surface area contributed by atoms with Crippen LogP contribution in [0.1, 0.15) is 42.3 Å². The van der Waals surface area contributed by atoms with Crippen LogP contribution in [0.15, 0.2) is 18.7 Å². The monoisotopic (exact) mass is 345 g/mol. The highest BCUT2D eigenvalue weighted by atomic mass is 16.2. The van der Waals surface area contributed by atoms with E-state index in [9.17, 15) is 9.59 Å². The molecule has 0 aliphatic carbocycles. The number of piperidine rings is 1. The van der Waals surface area contributed by atoms with Gasteiger partial charge in [0.2, 0.25) is 11.7 Å². The van der Waals surface area contributed by atoms with Crippen molar-refractivity contribution >= 4 is 11.8 Å². The SMILES string of the molecule is CCN1C(=O)CC[C@H](CNC(=O)c2ncn(C)n2)[C@H]1c1nccn1C. The number of nitrogens with one attached hydrogen (secondary N) is 1. The molecule has 25 heavy (non-hydrogen) atoms. The Hall–Kier alpha value is -2.71. The normalized spacial score (nSPS) is 20.8. The fourth-order valence-corrected chi connectivity index (χ4v) is 3.37. The summed E-state index contributed by atoms with van der Waals surface area (Å²) in [6, 6.07) is -0.150. The molecule has 134 valence electrons. The van der Waals surface area contributed by atoms with Crippen LogP contribution < -0.4 is 5.32 Å². The van der Waals surface area contributed by atoms with Gasteiger partial charge in [-0.25, -0.2) is 9.97 Å². The number of likely N-dealkylation sites (tertiary alicyclic amines) is 1. The van der Waals surface area contributed by atoms with Gasteiger partial charge in [0.05, 0.1) is 6.04 Å². The van der Waals surface area contributed by atoms with Gasteiger partial charge in [0, 0.05) is 51.9 Å². The van der Waals surface area contributed by atoms with Crippen LogP contribution >= 0.6 is 0 Å². The van der Waals surface area contributed by atoms with Crippen molar-refractivity contribution in [1.82, 2.24) is 34.5 Å². The third-order valence-electron chi connectivity index (χ3n) is 4.62. The second kappa shape index (κ2) is 7.04. The van der Waals surface area contributed by atoms with Crippen molar-refractivity contribution in [3.63, 3.8) is 0 Å². The molecule has 0 bridgehead atoms. The molecule has 2 atom stereocenters. The van der Waals surface area contributed by atoms with Gasteiger partial charge in [0.15, 0.2) is 0 Å². The number of imidazole rings is 1. The zero-order chi connectivity index (χ0) is 18.0. The highest BCUT2D eigenvalue weighted by Crippen LogP contribution is 2.35. The fraction of sp³-hybridized carbons (Fsp3) is 0.562. The minimum Gasteiger partial charge on any atom is -0.349 e. The van der Waals surface area contributed by atoms with Gasteiger partial charge in [-0.05, 0) is 13.3 Å². The minimum absolute atomic E-state index is 0.0893. The first kappa shape index (κ1) is 17.1. The van der Waals surface area contributed by atoms with Crippen LogP contribution in [0.5, 0.6) is 0 Å². The van der Waals surface area contributed by atoms with Crippen molar-refractivity contribution in [2.24, 2.45) is 20.0 Å². The van der Waals surface area contributed by atoms with Gasteiger partial charge < -0.3 is 14.8 Å². The molecule has 2 amide bonds. The Bertz CT molecular complexity index is 766. The van der Waals surface area contributed by atoms with Gasteiger partial charge in [-0.15, -0.1) is 5.10 Å². The first-order chi connectivity index (χ1) is 12.0. The lowest BCUT2D eigenvalue weighted by atomic mass is 9.87. The van der Waals surface area contributed by atoms with Gasteiger partial charge in [-0.1, -0.05) is 0 Å². The predicted molar refractivity (Wildman–Crippen MR) is 89.4 cm³/mol. The van der Waals surface area contributed by atoms with E-state index in [0.29, 0.717) is 25.9 Å². The molecule has 9 nitrogen and oxygen atoms in total. The van der Waals surface area contributed by atoms with E-state index < -0.39 is 0 Å². The predicted octanol–water partition coefficient (Wildman–Crippen LogP) is 0.278. The molecule has 9 heteroatoms. The van der Waals surface area contributed by atoms with Crippen LogP contribution in [0.4, 0.5) is 0 Å². The average Bonchev–Trinajstić information content (AvgIpc) is 3.21. The summed E-state index contributed by atoms with van der Waals surface area (Å²) in [6.07, 6.45) is 6.29. The number of hydrogen-bond donors (Lipinski definition) is 1. The van der Waals surface area contributed by atoms with Gasteiger partial charge in [0.1, 0.15) is 12.2 Å². The molecule has 1 aliphatic heterocycles. The van der Waals surface area contributed by atoms with Gasteiger partial charge >= 0.3 is 0 Å². The molecule has 3 heterocycles. The first-order valence-electron chi connectivity index (χ1n) is 8.41. The van der Waals surface area contributed by atoms with E-state index >= 15 is 0 Å². The Labute approximate surface area is 146 Å². The summed E-state index contributed by atoms with van der Waals surface area (Å²) >= 11 is 0. The fourth-order valence-electron chi connectivity index (χ4n) is 3.37. The molecule has 1 saturated heterocycles. The van der Waals surface area contributed by atoms with Gasteiger partial charge in [0.25, 0.3) is 5.91 Å². The lowest BCUT2D eigenvalue weighted by Gasteiger charge is -2.40. The van der Waals surface area contributed by atoms with Gasteiger partial charge in [-0.3, -0.25) is 14.3 Å². The molecule has 0 radical (unpaired) electrons. The van der Waals surface area contributed by atoms with Crippen LogP contribution in [-0.2, 0) is 18.9 Å². The van der Waals surface area contributed by atoms with E-state index in [-0.39, 0.29) is 29.6 Å². The summed E-state index contributed by atoms with van der Waals surface area (Å²) in [5, 5.41) is 6.91. The van der Waals surface area contributed by atoms with Crippen molar-refractivity contribution < 1.29 is 9.59 Å². The number of nitrogens with zero attached hydrogens (tertiary/aromatic N) is 6. The Kier molecular flexibility index (Phi) is 4.82. The average molecular weight is 345 g/mol. The Morgan fingerprint density at radius 1 is 1.36 bits per heavy atom. The summed E-state index contributed by atoms with van der Waals surface area (Å²) in [5.41, 5.74) is 0. The first-order valence-corrected chi connectivity index (χ1v) is 8.41. The minimum atomic E-state index is -0.306. The molecule has 2 aromatic rings. The van der Waals surface area contributed by atoms with Gasteiger partial charge in [-0.2, -0.15) is 0 Å². The quantitative estimate of drug-likeness (QED) is 0.839. The zero-order valence-corrected chi connectivity index (χ0v) is 14.7. The number of carbonyl (C=O) groups is 2. The molecule has 0 aromatic carbocycles. The smallest absolute Gasteiger partial charge is 0.290 e. The zero-order valence-electron chi connectivity index (χ0n) is 14.7. The molecule has 3 rings (SSSR count). The Morgan fingerprint density at radius 2 is 2.16 bits per heavy atom. The summed E-state index contributed by atoms with van der Waals surface area (Å²) in [5.74, 6) is 0.899. The number of hydrogen-bond acceptors (Lipinski definition) is 5. The number of amides is 2. The molecule has 0 spiro atoms.